The molecule has 1 aliphatic carbocycles. The molecule has 146 valence electrons. The van der Waals surface area contributed by atoms with Gasteiger partial charge in [0.2, 0.25) is 5.91 Å². The van der Waals surface area contributed by atoms with Gasteiger partial charge >= 0.3 is 0 Å². The van der Waals surface area contributed by atoms with Crippen molar-refractivity contribution >= 4 is 11.6 Å². The number of carbonyl (C=O) groups is 1. The summed E-state index contributed by atoms with van der Waals surface area (Å²) in [6, 6.07) is 15.5. The molecule has 2 aromatic rings. The van der Waals surface area contributed by atoms with Crippen LogP contribution in [0, 0.1) is 5.92 Å². The topological polar surface area (TPSA) is 58.4 Å². The summed E-state index contributed by atoms with van der Waals surface area (Å²) in [6.07, 6.45) is 8.10. The van der Waals surface area contributed by atoms with Crippen molar-refractivity contribution in [3.8, 4) is 11.1 Å². The molecule has 1 saturated carbocycles. The second-order valence-corrected chi connectivity index (χ2v) is 8.62. The van der Waals surface area contributed by atoms with E-state index in [1.54, 1.807) is 0 Å². The second-order valence-electron chi connectivity index (χ2n) is 8.62. The average Bonchev–Trinajstić information content (AvgIpc) is 3.19. The largest absolute Gasteiger partial charge is 0.384 e. The molecule has 4 heteroatoms. The molecule has 2 fully saturated rings. The van der Waals surface area contributed by atoms with E-state index in [1.165, 1.54) is 56.3 Å². The van der Waals surface area contributed by atoms with E-state index in [9.17, 15) is 4.79 Å². The van der Waals surface area contributed by atoms with Crippen LogP contribution in [0.5, 0.6) is 0 Å². The minimum absolute atomic E-state index is 0.367. The van der Waals surface area contributed by atoms with E-state index in [0.29, 0.717) is 17.5 Å². The highest BCUT2D eigenvalue weighted by Crippen LogP contribution is 2.47. The number of carbonyl (C=O) groups excluding carboxylic acids is 1. The third-order valence-electron chi connectivity index (χ3n) is 7.03. The number of hydrogen-bond donors (Lipinski definition) is 2. The van der Waals surface area contributed by atoms with Crippen LogP contribution in [0.3, 0.4) is 0 Å². The van der Waals surface area contributed by atoms with E-state index < -0.39 is 0 Å². The molecule has 2 atom stereocenters. The van der Waals surface area contributed by atoms with Gasteiger partial charge in [0.25, 0.3) is 0 Å². The van der Waals surface area contributed by atoms with Crippen LogP contribution < -0.4 is 11.1 Å². The van der Waals surface area contributed by atoms with Gasteiger partial charge in [-0.25, -0.2) is 0 Å². The maximum absolute atomic E-state index is 11.9. The minimum atomic E-state index is -0.367. The highest BCUT2D eigenvalue weighted by atomic mass is 16.1. The molecule has 2 aromatic carbocycles. The highest BCUT2D eigenvalue weighted by Gasteiger charge is 2.42. The zero-order valence-corrected chi connectivity index (χ0v) is 16.4. The maximum atomic E-state index is 11.9. The van der Waals surface area contributed by atoms with Gasteiger partial charge in [-0.2, -0.15) is 0 Å². The van der Waals surface area contributed by atoms with E-state index in [-0.39, 0.29) is 5.91 Å². The van der Waals surface area contributed by atoms with Crippen LogP contribution >= 0.6 is 0 Å². The van der Waals surface area contributed by atoms with Crippen LogP contribution in [0.2, 0.25) is 0 Å². The zero-order valence-electron chi connectivity index (χ0n) is 16.4. The third kappa shape index (κ3) is 3.00. The predicted octanol–water partition coefficient (Wildman–Crippen LogP) is 4.57. The number of anilines is 1. The first-order valence-corrected chi connectivity index (χ1v) is 10.7. The van der Waals surface area contributed by atoms with Crippen LogP contribution in [0.4, 0.5) is 5.69 Å². The van der Waals surface area contributed by atoms with Crippen molar-refractivity contribution in [2.75, 3.05) is 18.4 Å². The number of nitrogens with two attached hydrogens (primary N) is 1. The van der Waals surface area contributed by atoms with E-state index in [2.05, 4.69) is 28.4 Å². The molecule has 0 radical (unpaired) electrons. The van der Waals surface area contributed by atoms with Crippen molar-refractivity contribution < 1.29 is 4.79 Å². The molecule has 0 spiro atoms. The molecular weight excluding hydrogens is 346 g/mol. The number of fused-ring (bicyclic) bond motifs is 3. The molecule has 4 nitrogen and oxygen atoms in total. The number of nitrogens with zero attached hydrogens (tertiary/aromatic N) is 1. The number of rotatable bonds is 3. The summed E-state index contributed by atoms with van der Waals surface area (Å²) >= 11 is 0. The lowest BCUT2D eigenvalue weighted by atomic mass is 9.85. The van der Waals surface area contributed by atoms with Crippen LogP contribution in [-0.4, -0.2) is 29.9 Å². The van der Waals surface area contributed by atoms with Crippen molar-refractivity contribution in [1.82, 2.24) is 4.90 Å². The Morgan fingerprint density at radius 3 is 2.68 bits per heavy atom. The maximum Gasteiger partial charge on any atom is 0.249 e. The van der Waals surface area contributed by atoms with Gasteiger partial charge in [-0.05, 0) is 66.6 Å². The quantitative estimate of drug-likeness (QED) is 0.826. The van der Waals surface area contributed by atoms with Crippen molar-refractivity contribution in [2.45, 2.75) is 50.6 Å². The van der Waals surface area contributed by atoms with Gasteiger partial charge in [-0.15, -0.1) is 0 Å². The van der Waals surface area contributed by atoms with Gasteiger partial charge < -0.3 is 11.1 Å². The van der Waals surface area contributed by atoms with Crippen LogP contribution in [0.15, 0.2) is 42.5 Å². The van der Waals surface area contributed by atoms with E-state index in [0.717, 1.165) is 23.7 Å². The van der Waals surface area contributed by atoms with Crippen molar-refractivity contribution in [1.29, 1.82) is 0 Å². The smallest absolute Gasteiger partial charge is 0.249 e. The van der Waals surface area contributed by atoms with Crippen molar-refractivity contribution in [3.63, 3.8) is 0 Å². The minimum Gasteiger partial charge on any atom is -0.384 e. The standard InChI is InChI=1S/C24H29N3O/c25-24(28)20-9-5-4-8-19(20)16-10-11-22-21(14-16)23-17(15-26-22)12-13-27(23)18-6-2-1-3-7-18/h4-5,8-11,14,17-18,23,26H,1-3,6-7,12-13,15H2,(H2,25,28)/t17-,23?/m0/s1. The first-order valence-electron chi connectivity index (χ1n) is 10.7. The Kier molecular flexibility index (Phi) is 4.59. The van der Waals surface area contributed by atoms with E-state index in [1.807, 2.05) is 24.3 Å². The Balaban J connectivity index is 1.55. The summed E-state index contributed by atoms with van der Waals surface area (Å²) in [4.78, 5) is 14.7. The fraction of sp³-hybridized carbons (Fsp3) is 0.458. The normalized spacial score (nSPS) is 25.0. The molecule has 3 aliphatic rings. The molecule has 3 N–H and O–H groups in total. The van der Waals surface area contributed by atoms with Crippen molar-refractivity contribution in [3.05, 3.63) is 53.6 Å². The molecule has 2 aliphatic heterocycles. The van der Waals surface area contributed by atoms with Gasteiger partial charge in [-0.3, -0.25) is 9.69 Å². The van der Waals surface area contributed by atoms with Crippen LogP contribution in [0.25, 0.3) is 11.1 Å². The Morgan fingerprint density at radius 2 is 1.86 bits per heavy atom. The fourth-order valence-electron chi connectivity index (χ4n) is 5.68. The Bertz CT molecular complexity index is 887. The van der Waals surface area contributed by atoms with Gasteiger partial charge in [-0.1, -0.05) is 43.5 Å². The lowest BCUT2D eigenvalue weighted by Gasteiger charge is -2.40. The Labute approximate surface area is 167 Å². The molecule has 1 saturated heterocycles. The summed E-state index contributed by atoms with van der Waals surface area (Å²) in [7, 11) is 0. The highest BCUT2D eigenvalue weighted by molar-refractivity contribution is 6.00. The second kappa shape index (κ2) is 7.25. The summed E-state index contributed by atoms with van der Waals surface area (Å²) in [6.45, 7) is 2.28. The monoisotopic (exact) mass is 375 g/mol. The molecule has 0 aromatic heterocycles. The number of hydrogen-bond acceptors (Lipinski definition) is 3. The van der Waals surface area contributed by atoms with Gasteiger partial charge in [0.15, 0.2) is 0 Å². The summed E-state index contributed by atoms with van der Waals surface area (Å²) in [5.41, 5.74) is 10.9. The molecule has 2 heterocycles. The van der Waals surface area contributed by atoms with Crippen molar-refractivity contribution in [2.24, 2.45) is 11.7 Å². The summed E-state index contributed by atoms with van der Waals surface area (Å²) in [5, 5.41) is 3.66. The number of primary amides is 1. The number of nitrogens with one attached hydrogen (secondary N) is 1. The molecule has 5 rings (SSSR count). The Hall–Kier alpha value is -2.33. The van der Waals surface area contributed by atoms with Gasteiger partial charge in [0.1, 0.15) is 0 Å². The lowest BCUT2D eigenvalue weighted by Crippen LogP contribution is -2.39. The predicted molar refractivity (Wildman–Crippen MR) is 113 cm³/mol. The average molecular weight is 376 g/mol. The third-order valence-corrected chi connectivity index (χ3v) is 7.03. The number of amides is 1. The molecule has 1 unspecified atom stereocenters. The van der Waals surface area contributed by atoms with Gasteiger partial charge in [0, 0.05) is 29.9 Å². The summed E-state index contributed by atoms with van der Waals surface area (Å²) in [5.74, 6) is 0.310. The van der Waals surface area contributed by atoms with Crippen LogP contribution in [-0.2, 0) is 0 Å². The number of benzene rings is 2. The molecule has 28 heavy (non-hydrogen) atoms. The molecule has 0 bridgehead atoms. The summed E-state index contributed by atoms with van der Waals surface area (Å²) < 4.78 is 0. The lowest BCUT2D eigenvalue weighted by molar-refractivity contribution is 0.100. The van der Waals surface area contributed by atoms with Crippen LogP contribution in [0.1, 0.15) is 60.5 Å². The first-order chi connectivity index (χ1) is 13.7. The Morgan fingerprint density at radius 1 is 1.04 bits per heavy atom. The first kappa shape index (κ1) is 17.7. The van der Waals surface area contributed by atoms with E-state index in [4.69, 9.17) is 5.73 Å². The zero-order chi connectivity index (χ0) is 19.1. The molecule has 1 amide bonds. The van der Waals surface area contributed by atoms with Gasteiger partial charge in [0.05, 0.1) is 0 Å². The SMILES string of the molecule is NC(=O)c1ccccc1-c1ccc2c(c1)C1[C@@H](CCN1C1CCCCC1)CN2. The number of likely N-dealkylation sites (tertiary alicyclic amines) is 1. The van der Waals surface area contributed by atoms with E-state index >= 15 is 0 Å². The fourth-order valence-corrected chi connectivity index (χ4v) is 5.68. The molecular formula is C24H29N3O.